The normalized spacial score (nSPS) is 42.7. The van der Waals surface area contributed by atoms with Crippen LogP contribution in [-0.2, 0) is 9.53 Å². The van der Waals surface area contributed by atoms with Crippen LogP contribution in [0.4, 0.5) is 0 Å². The zero-order valence-electron chi connectivity index (χ0n) is 9.49. The average molecular weight is 210 g/mol. The predicted molar refractivity (Wildman–Crippen MR) is 56.4 cm³/mol. The number of hydrogen-bond acceptors (Lipinski definition) is 3. The second kappa shape index (κ2) is 3.16. The molecule has 0 spiro atoms. The van der Waals surface area contributed by atoms with Gasteiger partial charge in [-0.1, -0.05) is 13.8 Å². The highest BCUT2D eigenvalue weighted by atomic mass is 16.6. The fourth-order valence-corrected chi connectivity index (χ4v) is 2.71. The first-order chi connectivity index (χ1) is 6.87. The van der Waals surface area contributed by atoms with Gasteiger partial charge in [-0.25, -0.2) is 0 Å². The first kappa shape index (κ1) is 10.8. The molecule has 1 aliphatic heterocycles. The van der Waals surface area contributed by atoms with Crippen LogP contribution >= 0.6 is 0 Å². The van der Waals surface area contributed by atoms with Crippen molar-refractivity contribution in [2.45, 2.75) is 51.4 Å². The predicted octanol–water partition coefficient (Wildman–Crippen LogP) is 1.45. The zero-order valence-corrected chi connectivity index (χ0v) is 9.49. The van der Waals surface area contributed by atoms with Crippen molar-refractivity contribution in [2.24, 2.45) is 5.41 Å². The highest BCUT2D eigenvalue weighted by Crippen LogP contribution is 2.58. The molecular formula is C12H18O3. The SMILES string of the molecule is CC(=O)/C=C/[C@]12O[C@@H]1C[C@H](O)CC2(C)C. The number of aliphatic hydroxyl groups excluding tert-OH is 1. The van der Waals surface area contributed by atoms with E-state index in [4.69, 9.17) is 4.74 Å². The number of allylic oxidation sites excluding steroid dienone is 1. The van der Waals surface area contributed by atoms with Crippen LogP contribution in [-0.4, -0.2) is 28.7 Å². The Labute approximate surface area is 90.1 Å². The van der Waals surface area contributed by atoms with E-state index < -0.39 is 0 Å². The maximum absolute atomic E-state index is 10.9. The maximum atomic E-state index is 10.9. The van der Waals surface area contributed by atoms with Crippen LogP contribution in [0.15, 0.2) is 12.2 Å². The van der Waals surface area contributed by atoms with Crippen LogP contribution in [0, 0.1) is 5.41 Å². The molecule has 0 aromatic carbocycles. The third-order valence-corrected chi connectivity index (χ3v) is 3.61. The molecule has 1 saturated heterocycles. The molecule has 3 nitrogen and oxygen atoms in total. The Morgan fingerprint density at radius 3 is 2.73 bits per heavy atom. The molecule has 1 aliphatic carbocycles. The molecule has 15 heavy (non-hydrogen) atoms. The standard InChI is InChI=1S/C12H18O3/c1-8(13)4-5-12-10(15-12)6-9(14)7-11(12,2)3/h4-5,9-10,14H,6-7H2,1-3H3/b5-4+/t9-,10+,12-/m0/s1. The van der Waals surface area contributed by atoms with Crippen molar-refractivity contribution < 1.29 is 14.6 Å². The highest BCUT2D eigenvalue weighted by molar-refractivity contribution is 5.87. The van der Waals surface area contributed by atoms with Gasteiger partial charge in [-0.2, -0.15) is 0 Å². The summed E-state index contributed by atoms with van der Waals surface area (Å²) < 4.78 is 5.70. The van der Waals surface area contributed by atoms with Crippen LogP contribution in [0.25, 0.3) is 0 Å². The molecule has 1 heterocycles. The van der Waals surface area contributed by atoms with Crippen LogP contribution in [0.5, 0.6) is 0 Å². The van der Waals surface area contributed by atoms with Crippen molar-refractivity contribution in [3.63, 3.8) is 0 Å². The Balaban J connectivity index is 2.20. The number of ketones is 1. The van der Waals surface area contributed by atoms with E-state index in [-0.39, 0.29) is 29.0 Å². The maximum Gasteiger partial charge on any atom is 0.152 e. The number of carbonyl (C=O) groups excluding carboxylic acids is 1. The van der Waals surface area contributed by atoms with E-state index in [9.17, 15) is 9.90 Å². The van der Waals surface area contributed by atoms with Crippen molar-refractivity contribution in [3.8, 4) is 0 Å². The van der Waals surface area contributed by atoms with Crippen molar-refractivity contribution in [1.82, 2.24) is 0 Å². The van der Waals surface area contributed by atoms with E-state index in [1.807, 2.05) is 6.08 Å². The van der Waals surface area contributed by atoms with Gasteiger partial charge >= 0.3 is 0 Å². The number of epoxide rings is 1. The number of ether oxygens (including phenoxy) is 1. The summed E-state index contributed by atoms with van der Waals surface area (Å²) >= 11 is 0. The molecule has 1 saturated carbocycles. The average Bonchev–Trinajstić information content (AvgIpc) is 2.75. The van der Waals surface area contributed by atoms with Crippen LogP contribution in [0.1, 0.15) is 33.6 Å². The summed E-state index contributed by atoms with van der Waals surface area (Å²) in [6.45, 7) is 5.70. The summed E-state index contributed by atoms with van der Waals surface area (Å²) in [7, 11) is 0. The van der Waals surface area contributed by atoms with Crippen LogP contribution in [0.2, 0.25) is 0 Å². The van der Waals surface area contributed by atoms with Crippen LogP contribution < -0.4 is 0 Å². The first-order valence-corrected chi connectivity index (χ1v) is 5.43. The molecule has 3 atom stereocenters. The van der Waals surface area contributed by atoms with E-state index in [2.05, 4.69) is 13.8 Å². The van der Waals surface area contributed by atoms with Gasteiger partial charge < -0.3 is 9.84 Å². The fourth-order valence-electron chi connectivity index (χ4n) is 2.71. The molecule has 3 heteroatoms. The van der Waals surface area contributed by atoms with Gasteiger partial charge in [0.25, 0.3) is 0 Å². The number of carbonyl (C=O) groups is 1. The highest BCUT2D eigenvalue weighted by Gasteiger charge is 2.66. The summed E-state index contributed by atoms with van der Waals surface area (Å²) in [6.07, 6.45) is 4.70. The van der Waals surface area contributed by atoms with Crippen molar-refractivity contribution in [1.29, 1.82) is 0 Å². The number of fused-ring (bicyclic) bond motifs is 1. The Kier molecular flexibility index (Phi) is 2.28. The molecular weight excluding hydrogens is 192 g/mol. The van der Waals surface area contributed by atoms with Crippen molar-refractivity contribution in [2.75, 3.05) is 0 Å². The van der Waals surface area contributed by atoms with Gasteiger partial charge in [0, 0.05) is 11.8 Å². The van der Waals surface area contributed by atoms with E-state index in [1.54, 1.807) is 6.08 Å². The number of rotatable bonds is 2. The smallest absolute Gasteiger partial charge is 0.152 e. The quantitative estimate of drug-likeness (QED) is 0.554. The number of hydrogen-bond donors (Lipinski definition) is 1. The molecule has 0 aromatic heterocycles. The van der Waals surface area contributed by atoms with Crippen molar-refractivity contribution >= 4 is 5.78 Å². The van der Waals surface area contributed by atoms with Crippen molar-refractivity contribution in [3.05, 3.63) is 12.2 Å². The minimum Gasteiger partial charge on any atom is -0.393 e. The minimum atomic E-state index is -0.308. The first-order valence-electron chi connectivity index (χ1n) is 5.43. The molecule has 0 amide bonds. The monoisotopic (exact) mass is 210 g/mol. The van der Waals surface area contributed by atoms with Gasteiger partial charge in [-0.3, -0.25) is 4.79 Å². The summed E-state index contributed by atoms with van der Waals surface area (Å²) in [5.41, 5.74) is -0.404. The zero-order chi connectivity index (χ0) is 11.3. The third-order valence-electron chi connectivity index (χ3n) is 3.61. The molecule has 0 unspecified atom stereocenters. The molecule has 0 radical (unpaired) electrons. The lowest BCUT2D eigenvalue weighted by Gasteiger charge is -2.36. The molecule has 0 aromatic rings. The van der Waals surface area contributed by atoms with E-state index in [1.165, 1.54) is 6.92 Å². The van der Waals surface area contributed by atoms with Crippen LogP contribution in [0.3, 0.4) is 0 Å². The summed E-state index contributed by atoms with van der Waals surface area (Å²) in [4.78, 5) is 10.9. The van der Waals surface area contributed by atoms with Gasteiger partial charge in [-0.15, -0.1) is 0 Å². The Hall–Kier alpha value is -0.670. The van der Waals surface area contributed by atoms with Gasteiger partial charge in [0.2, 0.25) is 0 Å². The number of aliphatic hydroxyl groups is 1. The Morgan fingerprint density at radius 2 is 2.20 bits per heavy atom. The van der Waals surface area contributed by atoms with E-state index in [0.717, 1.165) is 6.42 Å². The summed E-state index contributed by atoms with van der Waals surface area (Å²) in [5, 5.41) is 9.66. The van der Waals surface area contributed by atoms with E-state index in [0.29, 0.717) is 6.42 Å². The lowest BCUT2D eigenvalue weighted by atomic mass is 9.67. The molecule has 2 aliphatic rings. The lowest BCUT2D eigenvalue weighted by molar-refractivity contribution is -0.112. The molecule has 1 N–H and O–H groups in total. The molecule has 2 fully saturated rings. The second-order valence-electron chi connectivity index (χ2n) is 5.32. The van der Waals surface area contributed by atoms with E-state index >= 15 is 0 Å². The summed E-state index contributed by atoms with van der Waals surface area (Å²) in [5.74, 6) is 0.0422. The lowest BCUT2D eigenvalue weighted by Crippen LogP contribution is -2.41. The van der Waals surface area contributed by atoms with Gasteiger partial charge in [0.05, 0.1) is 12.2 Å². The fraction of sp³-hybridized carbons (Fsp3) is 0.750. The Morgan fingerprint density at radius 1 is 1.53 bits per heavy atom. The van der Waals surface area contributed by atoms with Gasteiger partial charge in [0.15, 0.2) is 5.78 Å². The third kappa shape index (κ3) is 1.64. The largest absolute Gasteiger partial charge is 0.393 e. The van der Waals surface area contributed by atoms with Gasteiger partial charge in [-0.05, 0) is 25.5 Å². The summed E-state index contributed by atoms with van der Waals surface area (Å²) in [6, 6.07) is 0. The second-order valence-corrected chi connectivity index (χ2v) is 5.32. The minimum absolute atomic E-state index is 0.0422. The molecule has 2 rings (SSSR count). The molecule has 0 bridgehead atoms. The molecule has 84 valence electrons. The Bertz CT molecular complexity index is 319. The topological polar surface area (TPSA) is 49.8 Å². The van der Waals surface area contributed by atoms with Gasteiger partial charge in [0.1, 0.15) is 5.60 Å².